The second-order valence-electron chi connectivity index (χ2n) is 6.46. The Labute approximate surface area is 137 Å². The van der Waals surface area contributed by atoms with E-state index in [0.29, 0.717) is 5.56 Å². The number of rotatable bonds is 3. The molecule has 1 aromatic carbocycles. The Hall–Kier alpha value is -1.59. The molecule has 1 saturated heterocycles. The third-order valence-corrected chi connectivity index (χ3v) is 3.33. The highest BCUT2D eigenvalue weighted by Crippen LogP contribution is 2.14. The van der Waals surface area contributed by atoms with Crippen LogP contribution in [0.2, 0.25) is 0 Å². The maximum Gasteiger partial charge on any atom is 0.251 e. The van der Waals surface area contributed by atoms with E-state index in [1.807, 2.05) is 20.8 Å². The lowest BCUT2D eigenvalue weighted by molar-refractivity contribution is -0.119. The van der Waals surface area contributed by atoms with Crippen LogP contribution in [0.25, 0.3) is 0 Å². The van der Waals surface area contributed by atoms with Crippen LogP contribution < -0.4 is 16.0 Å². The molecule has 1 unspecified atom stereocenters. The van der Waals surface area contributed by atoms with E-state index in [9.17, 15) is 9.59 Å². The molecule has 2 amide bonds. The third kappa shape index (κ3) is 5.31. The van der Waals surface area contributed by atoms with E-state index in [4.69, 9.17) is 0 Å². The highest BCUT2D eigenvalue weighted by molar-refractivity contribution is 5.96. The Morgan fingerprint density at radius 2 is 1.82 bits per heavy atom. The van der Waals surface area contributed by atoms with Gasteiger partial charge in [0.25, 0.3) is 5.91 Å². The first kappa shape index (κ1) is 18.5. The molecule has 0 saturated carbocycles. The van der Waals surface area contributed by atoms with Gasteiger partial charge in [-0.25, -0.2) is 0 Å². The zero-order chi connectivity index (χ0) is 15.5. The summed E-state index contributed by atoms with van der Waals surface area (Å²) in [5.41, 5.74) is 1.05. The molecule has 1 atom stereocenters. The molecule has 5 nitrogen and oxygen atoms in total. The second-order valence-corrected chi connectivity index (χ2v) is 6.46. The Balaban J connectivity index is 0.00000242. The fourth-order valence-corrected chi connectivity index (χ4v) is 2.24. The number of carbonyl (C=O) groups is 2. The summed E-state index contributed by atoms with van der Waals surface area (Å²) in [5, 5.41) is 8.96. The van der Waals surface area contributed by atoms with Crippen LogP contribution in [-0.2, 0) is 4.79 Å². The Morgan fingerprint density at radius 3 is 2.32 bits per heavy atom. The van der Waals surface area contributed by atoms with E-state index < -0.39 is 0 Å². The lowest BCUT2D eigenvalue weighted by Gasteiger charge is -2.20. The molecule has 1 fully saturated rings. The number of amides is 2. The van der Waals surface area contributed by atoms with Gasteiger partial charge in [-0.3, -0.25) is 9.59 Å². The van der Waals surface area contributed by atoms with Crippen molar-refractivity contribution in [2.45, 2.75) is 32.7 Å². The van der Waals surface area contributed by atoms with E-state index >= 15 is 0 Å². The number of nitrogens with one attached hydrogen (secondary N) is 3. The molecule has 0 spiro atoms. The number of carbonyl (C=O) groups excluding carboxylic acids is 2. The minimum Gasteiger partial charge on any atom is -0.347 e. The number of benzene rings is 1. The summed E-state index contributed by atoms with van der Waals surface area (Å²) in [5.74, 6) is -0.0406. The quantitative estimate of drug-likeness (QED) is 0.797. The van der Waals surface area contributed by atoms with Crippen LogP contribution in [-0.4, -0.2) is 30.4 Å². The highest BCUT2D eigenvalue weighted by atomic mass is 35.5. The van der Waals surface area contributed by atoms with Gasteiger partial charge in [0.05, 0.1) is 5.92 Å². The molecule has 122 valence electrons. The SMILES string of the molecule is CC(C)(C)NC(=O)c1ccc(NC(=O)C2CCNC2)cc1.Cl. The van der Waals surface area contributed by atoms with Gasteiger partial charge in [0.15, 0.2) is 0 Å². The number of hydrogen-bond donors (Lipinski definition) is 3. The summed E-state index contributed by atoms with van der Waals surface area (Å²) >= 11 is 0. The summed E-state index contributed by atoms with van der Waals surface area (Å²) in [6.45, 7) is 7.45. The summed E-state index contributed by atoms with van der Waals surface area (Å²) < 4.78 is 0. The molecule has 1 heterocycles. The Bertz CT molecular complexity index is 517. The van der Waals surface area contributed by atoms with Gasteiger partial charge in [-0.15, -0.1) is 12.4 Å². The summed E-state index contributed by atoms with van der Waals surface area (Å²) in [6.07, 6.45) is 0.873. The Morgan fingerprint density at radius 1 is 1.18 bits per heavy atom. The van der Waals surface area contributed by atoms with Gasteiger partial charge in [-0.1, -0.05) is 0 Å². The van der Waals surface area contributed by atoms with Gasteiger partial charge in [-0.05, 0) is 58.0 Å². The molecule has 0 aliphatic carbocycles. The molecule has 1 aromatic rings. The highest BCUT2D eigenvalue weighted by Gasteiger charge is 2.22. The molecule has 0 aromatic heterocycles. The summed E-state index contributed by atoms with van der Waals surface area (Å²) in [7, 11) is 0. The van der Waals surface area contributed by atoms with Crippen molar-refractivity contribution < 1.29 is 9.59 Å². The van der Waals surface area contributed by atoms with Gasteiger partial charge in [0.2, 0.25) is 5.91 Å². The molecule has 1 aliphatic heterocycles. The van der Waals surface area contributed by atoms with E-state index in [-0.39, 0.29) is 35.7 Å². The first-order valence-corrected chi connectivity index (χ1v) is 7.29. The average Bonchev–Trinajstić information content (AvgIpc) is 2.91. The van der Waals surface area contributed by atoms with Gasteiger partial charge in [0, 0.05) is 23.3 Å². The standard InChI is InChI=1S/C16H23N3O2.ClH/c1-16(2,3)19-15(21)11-4-6-13(7-5-11)18-14(20)12-8-9-17-10-12;/h4-7,12,17H,8-10H2,1-3H3,(H,18,20)(H,19,21);1H. The normalized spacial score (nSPS) is 17.5. The summed E-state index contributed by atoms with van der Waals surface area (Å²) in [4.78, 5) is 24.0. The monoisotopic (exact) mass is 325 g/mol. The van der Waals surface area contributed by atoms with Crippen molar-refractivity contribution in [3.63, 3.8) is 0 Å². The predicted octanol–water partition coefficient (Wildman–Crippen LogP) is 2.18. The van der Waals surface area contributed by atoms with Gasteiger partial charge >= 0.3 is 0 Å². The molecule has 1 aliphatic rings. The smallest absolute Gasteiger partial charge is 0.251 e. The van der Waals surface area contributed by atoms with Crippen molar-refractivity contribution in [3.8, 4) is 0 Å². The van der Waals surface area contributed by atoms with E-state index in [1.165, 1.54) is 0 Å². The van der Waals surface area contributed by atoms with Crippen molar-refractivity contribution in [2.24, 2.45) is 5.92 Å². The lowest BCUT2D eigenvalue weighted by atomic mass is 10.1. The first-order chi connectivity index (χ1) is 9.85. The largest absolute Gasteiger partial charge is 0.347 e. The lowest BCUT2D eigenvalue weighted by Crippen LogP contribution is -2.40. The van der Waals surface area contributed by atoms with Crippen molar-refractivity contribution in [1.29, 1.82) is 0 Å². The second kappa shape index (κ2) is 7.61. The van der Waals surface area contributed by atoms with Gasteiger partial charge in [-0.2, -0.15) is 0 Å². The molecular weight excluding hydrogens is 302 g/mol. The van der Waals surface area contributed by atoms with Crippen molar-refractivity contribution in [2.75, 3.05) is 18.4 Å². The number of hydrogen-bond acceptors (Lipinski definition) is 3. The van der Waals surface area contributed by atoms with Crippen LogP contribution in [0.3, 0.4) is 0 Å². The van der Waals surface area contributed by atoms with E-state index in [2.05, 4.69) is 16.0 Å². The Kier molecular flexibility index (Phi) is 6.38. The zero-order valence-corrected chi connectivity index (χ0v) is 14.0. The van der Waals surface area contributed by atoms with Crippen LogP contribution in [0.4, 0.5) is 5.69 Å². The van der Waals surface area contributed by atoms with Crippen LogP contribution in [0.5, 0.6) is 0 Å². The summed E-state index contributed by atoms with van der Waals surface area (Å²) in [6, 6.07) is 6.98. The van der Waals surface area contributed by atoms with Crippen LogP contribution in [0.1, 0.15) is 37.6 Å². The van der Waals surface area contributed by atoms with Crippen LogP contribution in [0.15, 0.2) is 24.3 Å². The van der Waals surface area contributed by atoms with Gasteiger partial charge < -0.3 is 16.0 Å². The fourth-order valence-electron chi connectivity index (χ4n) is 2.24. The molecule has 2 rings (SSSR count). The average molecular weight is 326 g/mol. The maximum absolute atomic E-state index is 12.0. The molecule has 22 heavy (non-hydrogen) atoms. The maximum atomic E-state index is 12.0. The first-order valence-electron chi connectivity index (χ1n) is 7.29. The molecule has 0 radical (unpaired) electrons. The van der Waals surface area contributed by atoms with Crippen molar-refractivity contribution >= 4 is 29.9 Å². The fraction of sp³-hybridized carbons (Fsp3) is 0.500. The molecule has 6 heteroatoms. The molecule has 0 bridgehead atoms. The van der Waals surface area contributed by atoms with E-state index in [1.54, 1.807) is 24.3 Å². The van der Waals surface area contributed by atoms with Crippen molar-refractivity contribution in [1.82, 2.24) is 10.6 Å². The van der Waals surface area contributed by atoms with Crippen LogP contribution in [0, 0.1) is 5.92 Å². The number of halogens is 1. The molecular formula is C16H24ClN3O2. The third-order valence-electron chi connectivity index (χ3n) is 3.33. The topological polar surface area (TPSA) is 70.2 Å². The predicted molar refractivity (Wildman–Crippen MR) is 90.5 cm³/mol. The van der Waals surface area contributed by atoms with Gasteiger partial charge in [0.1, 0.15) is 0 Å². The zero-order valence-electron chi connectivity index (χ0n) is 13.2. The van der Waals surface area contributed by atoms with Crippen molar-refractivity contribution in [3.05, 3.63) is 29.8 Å². The van der Waals surface area contributed by atoms with Crippen LogP contribution >= 0.6 is 12.4 Å². The molecule has 3 N–H and O–H groups in total. The minimum absolute atomic E-state index is 0. The minimum atomic E-state index is -0.264. The number of anilines is 1. The van der Waals surface area contributed by atoms with E-state index in [0.717, 1.165) is 25.2 Å².